The first-order chi connectivity index (χ1) is 15.7. The fourth-order valence-electron chi connectivity index (χ4n) is 3.41. The number of amides is 1. The number of carbonyl (C=O) groups excluding carboxylic acids is 1. The first kappa shape index (κ1) is 19.5. The Bertz CT molecular complexity index is 1350. The molecule has 0 fully saturated rings. The van der Waals surface area contributed by atoms with Crippen LogP contribution in [0.3, 0.4) is 0 Å². The number of aromatic nitrogens is 4. The maximum atomic E-state index is 13.0. The summed E-state index contributed by atoms with van der Waals surface area (Å²) in [5.74, 6) is 1.09. The molecule has 8 heteroatoms. The van der Waals surface area contributed by atoms with E-state index in [1.807, 2.05) is 54.6 Å². The topological polar surface area (TPSA) is 99.0 Å². The van der Waals surface area contributed by atoms with E-state index in [-0.39, 0.29) is 5.91 Å². The lowest BCUT2D eigenvalue weighted by molar-refractivity contribution is 0.101. The molecule has 0 radical (unpaired) electrons. The second-order valence-electron chi connectivity index (χ2n) is 7.18. The highest BCUT2D eigenvalue weighted by molar-refractivity contribution is 6.04. The van der Waals surface area contributed by atoms with Crippen LogP contribution in [0, 0.1) is 0 Å². The molecule has 0 aliphatic heterocycles. The van der Waals surface area contributed by atoms with Gasteiger partial charge in [0.1, 0.15) is 5.69 Å². The first-order valence-electron chi connectivity index (χ1n) is 10.0. The molecule has 0 spiro atoms. The van der Waals surface area contributed by atoms with Crippen LogP contribution in [-0.2, 0) is 13.5 Å². The van der Waals surface area contributed by atoms with E-state index >= 15 is 0 Å². The predicted molar refractivity (Wildman–Crippen MR) is 118 cm³/mol. The van der Waals surface area contributed by atoms with Gasteiger partial charge in [0.25, 0.3) is 5.91 Å². The minimum atomic E-state index is -0.253. The molecule has 3 aromatic heterocycles. The van der Waals surface area contributed by atoms with E-state index in [1.165, 1.54) is 0 Å². The fraction of sp³-hybridized carbons (Fsp3) is 0.0833. The highest BCUT2D eigenvalue weighted by atomic mass is 16.5. The molecule has 3 heterocycles. The van der Waals surface area contributed by atoms with Crippen molar-refractivity contribution < 1.29 is 13.7 Å². The number of rotatable bonds is 6. The van der Waals surface area contributed by atoms with Gasteiger partial charge < -0.3 is 14.3 Å². The number of hydrogen-bond acceptors (Lipinski definition) is 6. The van der Waals surface area contributed by atoms with E-state index in [0.29, 0.717) is 35.3 Å². The molecule has 8 nitrogen and oxygen atoms in total. The number of carbonyl (C=O) groups is 1. The highest BCUT2D eigenvalue weighted by Crippen LogP contribution is 2.23. The SMILES string of the molecule is Cn1nc(-c2ccccc2)cc1C(=O)Nc1ccccc1Cc1nc(-c2ccco2)no1. The van der Waals surface area contributed by atoms with Gasteiger partial charge in [-0.2, -0.15) is 10.1 Å². The second-order valence-corrected chi connectivity index (χ2v) is 7.18. The third-order valence-corrected chi connectivity index (χ3v) is 5.00. The third kappa shape index (κ3) is 3.93. The summed E-state index contributed by atoms with van der Waals surface area (Å²) in [6, 6.07) is 22.5. The molecule has 5 aromatic rings. The van der Waals surface area contributed by atoms with Gasteiger partial charge in [-0.15, -0.1) is 0 Å². The van der Waals surface area contributed by atoms with Crippen molar-refractivity contribution in [1.29, 1.82) is 0 Å². The lowest BCUT2D eigenvalue weighted by atomic mass is 10.1. The van der Waals surface area contributed by atoms with Crippen molar-refractivity contribution in [2.45, 2.75) is 6.42 Å². The van der Waals surface area contributed by atoms with Crippen LogP contribution in [0.2, 0.25) is 0 Å². The van der Waals surface area contributed by atoms with Crippen molar-refractivity contribution in [3.8, 4) is 22.8 Å². The number of furan rings is 1. The molecule has 32 heavy (non-hydrogen) atoms. The summed E-state index contributed by atoms with van der Waals surface area (Å²) in [4.78, 5) is 17.4. The smallest absolute Gasteiger partial charge is 0.273 e. The first-order valence-corrected chi connectivity index (χ1v) is 10.0. The summed E-state index contributed by atoms with van der Waals surface area (Å²) in [6.07, 6.45) is 1.92. The zero-order chi connectivity index (χ0) is 21.9. The molecular weight excluding hydrogens is 406 g/mol. The van der Waals surface area contributed by atoms with Crippen molar-refractivity contribution in [3.63, 3.8) is 0 Å². The Balaban J connectivity index is 1.36. The monoisotopic (exact) mass is 425 g/mol. The molecular formula is C24H19N5O3. The van der Waals surface area contributed by atoms with Gasteiger partial charge in [-0.3, -0.25) is 9.48 Å². The van der Waals surface area contributed by atoms with Crippen molar-refractivity contribution in [1.82, 2.24) is 19.9 Å². The molecule has 1 amide bonds. The number of anilines is 1. The van der Waals surface area contributed by atoms with Crippen LogP contribution in [0.15, 0.2) is 88.0 Å². The summed E-state index contributed by atoms with van der Waals surface area (Å²) < 4.78 is 12.2. The van der Waals surface area contributed by atoms with Gasteiger partial charge in [0.15, 0.2) is 5.76 Å². The van der Waals surface area contributed by atoms with Crippen LogP contribution in [0.1, 0.15) is 21.9 Å². The van der Waals surface area contributed by atoms with E-state index < -0.39 is 0 Å². The van der Waals surface area contributed by atoms with Crippen LogP contribution in [0.5, 0.6) is 0 Å². The Kier molecular flexibility index (Phi) is 5.09. The standard InChI is InChI=1S/C24H19N5O3/c1-29-20(15-19(27-29)16-8-3-2-4-9-16)24(30)25-18-11-6-5-10-17(18)14-22-26-23(28-32-22)21-12-7-13-31-21/h2-13,15H,14H2,1H3,(H,25,30). The Hall–Kier alpha value is -4.46. The molecule has 1 N–H and O–H groups in total. The van der Waals surface area contributed by atoms with Gasteiger partial charge in [0.05, 0.1) is 18.4 Å². The van der Waals surface area contributed by atoms with Gasteiger partial charge in [0, 0.05) is 18.3 Å². The molecule has 0 aliphatic rings. The maximum absolute atomic E-state index is 13.0. The zero-order valence-electron chi connectivity index (χ0n) is 17.2. The van der Waals surface area contributed by atoms with Gasteiger partial charge in [-0.1, -0.05) is 53.7 Å². The van der Waals surface area contributed by atoms with E-state index in [4.69, 9.17) is 8.94 Å². The van der Waals surface area contributed by atoms with Crippen molar-refractivity contribution in [2.75, 3.05) is 5.32 Å². The average Bonchev–Trinajstić information content (AvgIpc) is 3.56. The molecule has 0 saturated heterocycles. The lowest BCUT2D eigenvalue weighted by Gasteiger charge is -2.09. The normalized spacial score (nSPS) is 10.9. The van der Waals surface area contributed by atoms with Gasteiger partial charge in [-0.25, -0.2) is 0 Å². The van der Waals surface area contributed by atoms with Crippen LogP contribution >= 0.6 is 0 Å². The van der Waals surface area contributed by atoms with Crippen LogP contribution in [0.4, 0.5) is 5.69 Å². The maximum Gasteiger partial charge on any atom is 0.273 e. The van der Waals surface area contributed by atoms with Crippen LogP contribution < -0.4 is 5.32 Å². The van der Waals surface area contributed by atoms with E-state index in [2.05, 4.69) is 20.6 Å². The summed E-state index contributed by atoms with van der Waals surface area (Å²) in [7, 11) is 1.75. The number of para-hydroxylation sites is 1. The second kappa shape index (κ2) is 8.35. The zero-order valence-corrected chi connectivity index (χ0v) is 17.2. The van der Waals surface area contributed by atoms with Crippen molar-refractivity contribution in [3.05, 3.63) is 96.2 Å². The molecule has 158 valence electrons. The molecule has 0 saturated carbocycles. The van der Waals surface area contributed by atoms with Gasteiger partial charge >= 0.3 is 0 Å². The molecule has 5 rings (SSSR count). The molecule has 0 atom stereocenters. The predicted octanol–water partition coefficient (Wildman–Crippen LogP) is 4.57. The quantitative estimate of drug-likeness (QED) is 0.428. The number of aryl methyl sites for hydroxylation is 1. The summed E-state index contributed by atoms with van der Waals surface area (Å²) >= 11 is 0. The highest BCUT2D eigenvalue weighted by Gasteiger charge is 2.17. The fourth-order valence-corrected chi connectivity index (χ4v) is 3.41. The molecule has 0 aliphatic carbocycles. The largest absolute Gasteiger partial charge is 0.461 e. The minimum absolute atomic E-state index is 0.253. The Morgan fingerprint density at radius 1 is 1.03 bits per heavy atom. The molecule has 0 unspecified atom stereocenters. The molecule has 2 aromatic carbocycles. The van der Waals surface area contributed by atoms with E-state index in [1.54, 1.807) is 36.2 Å². The number of benzene rings is 2. The Labute approximate surface area is 183 Å². The minimum Gasteiger partial charge on any atom is -0.461 e. The Morgan fingerprint density at radius 2 is 1.84 bits per heavy atom. The van der Waals surface area contributed by atoms with Crippen LogP contribution in [0.25, 0.3) is 22.8 Å². The molecule has 0 bridgehead atoms. The summed E-state index contributed by atoms with van der Waals surface area (Å²) in [6.45, 7) is 0. The summed E-state index contributed by atoms with van der Waals surface area (Å²) in [5.41, 5.74) is 3.66. The number of nitrogens with zero attached hydrogens (tertiary/aromatic N) is 4. The average molecular weight is 425 g/mol. The van der Waals surface area contributed by atoms with Gasteiger partial charge in [-0.05, 0) is 29.8 Å². The van der Waals surface area contributed by atoms with E-state index in [0.717, 1.165) is 16.8 Å². The third-order valence-electron chi connectivity index (χ3n) is 5.00. The van der Waals surface area contributed by atoms with Crippen LogP contribution in [-0.4, -0.2) is 25.8 Å². The lowest BCUT2D eigenvalue weighted by Crippen LogP contribution is -2.17. The van der Waals surface area contributed by atoms with Crippen molar-refractivity contribution >= 4 is 11.6 Å². The summed E-state index contributed by atoms with van der Waals surface area (Å²) in [5, 5.41) is 11.4. The van der Waals surface area contributed by atoms with E-state index in [9.17, 15) is 4.79 Å². The van der Waals surface area contributed by atoms with Crippen molar-refractivity contribution in [2.24, 2.45) is 7.05 Å². The Morgan fingerprint density at radius 3 is 2.66 bits per heavy atom. The van der Waals surface area contributed by atoms with Gasteiger partial charge in [0.2, 0.25) is 11.7 Å². The number of nitrogens with one attached hydrogen (secondary N) is 1. The number of hydrogen-bond donors (Lipinski definition) is 1.